The van der Waals surface area contributed by atoms with Crippen molar-refractivity contribution in [3.63, 3.8) is 0 Å². The Morgan fingerprint density at radius 1 is 1.53 bits per heavy atom. The minimum atomic E-state index is -0.439. The van der Waals surface area contributed by atoms with Crippen molar-refractivity contribution >= 4 is 5.91 Å². The Bertz CT molecular complexity index is 437. The lowest BCUT2D eigenvalue weighted by atomic mass is 10.1. The van der Waals surface area contributed by atoms with Gasteiger partial charge in [0.2, 0.25) is 0 Å². The summed E-state index contributed by atoms with van der Waals surface area (Å²) in [6, 6.07) is 1.32. The molecule has 1 aromatic rings. The summed E-state index contributed by atoms with van der Waals surface area (Å²) in [7, 11) is 0. The van der Waals surface area contributed by atoms with Gasteiger partial charge in [-0.25, -0.2) is 0 Å². The second-order valence-corrected chi connectivity index (χ2v) is 4.30. The molecule has 0 bridgehead atoms. The molecule has 0 fully saturated rings. The Balaban J connectivity index is 2.63. The number of nitrogens with one attached hydrogen (secondary N) is 2. The quantitative estimate of drug-likeness (QED) is 0.801. The summed E-state index contributed by atoms with van der Waals surface area (Å²) in [5.74, 6) is -0.389. The van der Waals surface area contributed by atoms with Crippen molar-refractivity contribution in [1.29, 1.82) is 0 Å². The highest BCUT2D eigenvalue weighted by Gasteiger charge is 2.19. The molecule has 94 valence electrons. The molecular weight excluding hydrogens is 220 g/mol. The SMILES string of the molecule is CCOC(C)(C)CNC(=O)c1c[nH]ccc1=O. The van der Waals surface area contributed by atoms with Gasteiger partial charge < -0.3 is 15.0 Å². The number of ether oxygens (including phenoxy) is 1. The number of aromatic nitrogens is 1. The van der Waals surface area contributed by atoms with Crippen LogP contribution in [0.25, 0.3) is 0 Å². The molecular formula is C12H18N2O3. The molecule has 0 unspecified atom stereocenters. The lowest BCUT2D eigenvalue weighted by molar-refractivity contribution is -0.00816. The normalized spacial score (nSPS) is 11.2. The van der Waals surface area contributed by atoms with E-state index in [9.17, 15) is 9.59 Å². The van der Waals surface area contributed by atoms with Crippen LogP contribution in [0.4, 0.5) is 0 Å². The Hall–Kier alpha value is -1.62. The number of amides is 1. The molecule has 2 N–H and O–H groups in total. The fraction of sp³-hybridized carbons (Fsp3) is 0.500. The monoisotopic (exact) mass is 238 g/mol. The third kappa shape index (κ3) is 4.03. The largest absolute Gasteiger partial charge is 0.374 e. The highest BCUT2D eigenvalue weighted by molar-refractivity contribution is 5.93. The summed E-state index contributed by atoms with van der Waals surface area (Å²) in [5, 5.41) is 2.68. The Labute approximate surface area is 100 Å². The summed E-state index contributed by atoms with van der Waals surface area (Å²) in [6.45, 7) is 6.59. The average Bonchev–Trinajstić information content (AvgIpc) is 2.27. The zero-order chi connectivity index (χ0) is 12.9. The van der Waals surface area contributed by atoms with Crippen molar-refractivity contribution in [2.24, 2.45) is 0 Å². The molecule has 0 atom stereocenters. The van der Waals surface area contributed by atoms with Crippen molar-refractivity contribution in [1.82, 2.24) is 10.3 Å². The van der Waals surface area contributed by atoms with Gasteiger partial charge in [0.15, 0.2) is 5.43 Å². The van der Waals surface area contributed by atoms with E-state index in [1.807, 2.05) is 20.8 Å². The zero-order valence-electron chi connectivity index (χ0n) is 10.4. The molecule has 0 radical (unpaired) electrons. The topological polar surface area (TPSA) is 71.2 Å². The van der Waals surface area contributed by atoms with Crippen LogP contribution in [0.2, 0.25) is 0 Å². The van der Waals surface area contributed by atoms with E-state index in [0.29, 0.717) is 13.2 Å². The van der Waals surface area contributed by atoms with Crippen molar-refractivity contribution < 1.29 is 9.53 Å². The maximum absolute atomic E-state index is 11.7. The molecule has 1 amide bonds. The van der Waals surface area contributed by atoms with Crippen LogP contribution in [0.3, 0.4) is 0 Å². The van der Waals surface area contributed by atoms with Crippen LogP contribution in [0.15, 0.2) is 23.3 Å². The van der Waals surface area contributed by atoms with Gasteiger partial charge in [0.25, 0.3) is 5.91 Å². The van der Waals surface area contributed by atoms with Gasteiger partial charge in [0.05, 0.1) is 5.60 Å². The van der Waals surface area contributed by atoms with E-state index in [-0.39, 0.29) is 16.9 Å². The molecule has 1 aromatic heterocycles. The second-order valence-electron chi connectivity index (χ2n) is 4.30. The molecule has 5 heteroatoms. The first-order valence-corrected chi connectivity index (χ1v) is 5.55. The predicted octanol–water partition coefficient (Wildman–Crippen LogP) is 0.920. The number of carbonyl (C=O) groups excluding carboxylic acids is 1. The molecule has 0 aliphatic heterocycles. The smallest absolute Gasteiger partial charge is 0.256 e. The van der Waals surface area contributed by atoms with Gasteiger partial charge in [0.1, 0.15) is 5.56 Å². The van der Waals surface area contributed by atoms with Crippen molar-refractivity contribution in [2.75, 3.05) is 13.2 Å². The molecule has 5 nitrogen and oxygen atoms in total. The highest BCUT2D eigenvalue weighted by Crippen LogP contribution is 2.06. The summed E-state index contributed by atoms with van der Waals surface area (Å²) in [4.78, 5) is 25.8. The highest BCUT2D eigenvalue weighted by atomic mass is 16.5. The first kappa shape index (κ1) is 13.4. The third-order valence-electron chi connectivity index (χ3n) is 2.28. The molecule has 0 aromatic carbocycles. The molecule has 0 saturated heterocycles. The Morgan fingerprint density at radius 3 is 2.82 bits per heavy atom. The number of hydrogen-bond donors (Lipinski definition) is 2. The first-order chi connectivity index (χ1) is 7.96. The first-order valence-electron chi connectivity index (χ1n) is 5.55. The van der Waals surface area contributed by atoms with Gasteiger partial charge in [-0.3, -0.25) is 9.59 Å². The lowest BCUT2D eigenvalue weighted by Crippen LogP contribution is -2.41. The van der Waals surface area contributed by atoms with Crippen LogP contribution in [0, 0.1) is 0 Å². The zero-order valence-corrected chi connectivity index (χ0v) is 10.4. The maximum atomic E-state index is 11.7. The molecule has 17 heavy (non-hydrogen) atoms. The fourth-order valence-corrected chi connectivity index (χ4v) is 1.42. The van der Waals surface area contributed by atoms with Gasteiger partial charge in [-0.1, -0.05) is 0 Å². The predicted molar refractivity (Wildman–Crippen MR) is 65.1 cm³/mol. The molecule has 0 saturated carbocycles. The number of hydrogen-bond acceptors (Lipinski definition) is 3. The summed E-state index contributed by atoms with van der Waals surface area (Å²) >= 11 is 0. The van der Waals surface area contributed by atoms with Gasteiger partial charge in [0, 0.05) is 31.6 Å². The number of aromatic amines is 1. The number of pyridine rings is 1. The van der Waals surface area contributed by atoms with Crippen molar-refractivity contribution in [2.45, 2.75) is 26.4 Å². The van der Waals surface area contributed by atoms with E-state index in [4.69, 9.17) is 4.74 Å². The van der Waals surface area contributed by atoms with Crippen LogP contribution in [-0.4, -0.2) is 29.6 Å². The van der Waals surface area contributed by atoms with E-state index in [0.717, 1.165) is 0 Å². The number of carbonyl (C=O) groups is 1. The van der Waals surface area contributed by atoms with Crippen molar-refractivity contribution in [3.8, 4) is 0 Å². The van der Waals surface area contributed by atoms with Gasteiger partial charge >= 0.3 is 0 Å². The Kier molecular flexibility index (Phi) is 4.45. The average molecular weight is 238 g/mol. The fourth-order valence-electron chi connectivity index (χ4n) is 1.42. The molecule has 1 rings (SSSR count). The van der Waals surface area contributed by atoms with Crippen LogP contribution >= 0.6 is 0 Å². The molecule has 0 aliphatic rings. The maximum Gasteiger partial charge on any atom is 0.256 e. The van der Waals surface area contributed by atoms with Crippen LogP contribution in [0.5, 0.6) is 0 Å². The summed E-state index contributed by atoms with van der Waals surface area (Å²) < 4.78 is 5.45. The van der Waals surface area contributed by atoms with E-state index >= 15 is 0 Å². The van der Waals surface area contributed by atoms with Gasteiger partial charge in [-0.15, -0.1) is 0 Å². The third-order valence-corrected chi connectivity index (χ3v) is 2.28. The molecule has 0 spiro atoms. The lowest BCUT2D eigenvalue weighted by Gasteiger charge is -2.24. The number of H-pyrrole nitrogens is 1. The van der Waals surface area contributed by atoms with E-state index < -0.39 is 5.60 Å². The van der Waals surface area contributed by atoms with E-state index in [2.05, 4.69) is 10.3 Å². The minimum absolute atomic E-state index is 0.111. The second kappa shape index (κ2) is 5.63. The Morgan fingerprint density at radius 2 is 2.24 bits per heavy atom. The number of rotatable bonds is 5. The van der Waals surface area contributed by atoms with Gasteiger partial charge in [-0.05, 0) is 20.8 Å². The summed E-state index contributed by atoms with van der Waals surface area (Å²) in [5.41, 5.74) is -0.623. The standard InChI is InChI=1S/C12H18N2O3/c1-4-17-12(2,3)8-14-11(16)9-7-13-6-5-10(9)15/h5-7H,4,8H2,1-3H3,(H,13,15)(H,14,16). The van der Waals surface area contributed by atoms with E-state index in [1.165, 1.54) is 18.5 Å². The van der Waals surface area contributed by atoms with Crippen LogP contribution < -0.4 is 10.7 Å². The van der Waals surface area contributed by atoms with Crippen LogP contribution in [-0.2, 0) is 4.74 Å². The minimum Gasteiger partial charge on any atom is -0.374 e. The van der Waals surface area contributed by atoms with Crippen molar-refractivity contribution in [3.05, 3.63) is 34.2 Å². The van der Waals surface area contributed by atoms with Crippen LogP contribution in [0.1, 0.15) is 31.1 Å². The van der Waals surface area contributed by atoms with E-state index in [1.54, 1.807) is 0 Å². The molecule has 1 heterocycles. The van der Waals surface area contributed by atoms with Gasteiger partial charge in [-0.2, -0.15) is 0 Å². The summed E-state index contributed by atoms with van der Waals surface area (Å²) in [6.07, 6.45) is 2.88. The molecule has 0 aliphatic carbocycles.